The Morgan fingerprint density at radius 1 is 0.636 bits per heavy atom. The summed E-state index contributed by atoms with van der Waals surface area (Å²) in [6.07, 6.45) is 2.66. The second-order valence-corrected chi connectivity index (χ2v) is 5.62. The summed E-state index contributed by atoms with van der Waals surface area (Å²) >= 11 is 0. The maximum atomic E-state index is 2.30. The first-order valence-corrected chi connectivity index (χ1v) is 4.21. The Kier molecular flexibility index (Phi) is 6.01. The topological polar surface area (TPSA) is 0 Å². The van der Waals surface area contributed by atoms with Gasteiger partial charge in [-0.2, -0.15) is 0 Å². The van der Waals surface area contributed by atoms with E-state index in [4.69, 9.17) is 0 Å². The van der Waals surface area contributed by atoms with Crippen molar-refractivity contribution in [1.29, 1.82) is 0 Å². The van der Waals surface area contributed by atoms with Gasteiger partial charge in [0.1, 0.15) is 0 Å². The molecule has 0 aliphatic rings. The molecule has 0 saturated carbocycles. The van der Waals surface area contributed by atoms with Gasteiger partial charge in [0, 0.05) is 21.1 Å². The Labute approximate surface area is 86.4 Å². The van der Waals surface area contributed by atoms with E-state index in [9.17, 15) is 0 Å². The molecule has 11 heavy (non-hydrogen) atoms. The molecule has 0 aromatic rings. The van der Waals surface area contributed by atoms with Crippen LogP contribution in [-0.2, 0) is 21.1 Å². The van der Waals surface area contributed by atoms with Gasteiger partial charge in [-0.25, -0.2) is 0 Å². The first-order chi connectivity index (χ1) is 4.21. The minimum atomic E-state index is 0. The van der Waals surface area contributed by atoms with Gasteiger partial charge in [-0.05, 0) is 23.7 Å². The smallest absolute Gasteiger partial charge is 0 e. The molecule has 0 aromatic carbocycles. The first kappa shape index (κ1) is 14.2. The zero-order valence-electron chi connectivity index (χ0n) is 8.82. The molecule has 0 aliphatic heterocycles. The van der Waals surface area contributed by atoms with Crippen LogP contribution in [0.3, 0.4) is 0 Å². The number of hydrogen-bond donors (Lipinski definition) is 0. The minimum absolute atomic E-state index is 0. The van der Waals surface area contributed by atoms with Gasteiger partial charge in [0.15, 0.2) is 0 Å². The molecular formula is C10H22W. The molecule has 0 unspecified atom stereocenters. The van der Waals surface area contributed by atoms with Crippen LogP contribution in [0.25, 0.3) is 0 Å². The SMILES string of the molecule is CC(C)(C)CCC(C)(C)C.[W]. The largest absolute Gasteiger partial charge is 0.0602 e. The van der Waals surface area contributed by atoms with Crippen molar-refractivity contribution in [3.8, 4) is 0 Å². The van der Waals surface area contributed by atoms with E-state index in [0.717, 1.165) is 0 Å². The summed E-state index contributed by atoms with van der Waals surface area (Å²) in [5.74, 6) is 0. The van der Waals surface area contributed by atoms with Crippen LogP contribution in [0.2, 0.25) is 0 Å². The molecule has 0 nitrogen and oxygen atoms in total. The van der Waals surface area contributed by atoms with Gasteiger partial charge >= 0.3 is 0 Å². The average Bonchev–Trinajstić information content (AvgIpc) is 1.57. The van der Waals surface area contributed by atoms with E-state index in [1.807, 2.05) is 0 Å². The van der Waals surface area contributed by atoms with Crippen LogP contribution in [0, 0.1) is 10.8 Å². The Bertz CT molecular complexity index is 78.4. The van der Waals surface area contributed by atoms with Crippen LogP contribution in [-0.4, -0.2) is 0 Å². The summed E-state index contributed by atoms with van der Waals surface area (Å²) in [5, 5.41) is 0. The molecule has 0 saturated heterocycles. The Morgan fingerprint density at radius 2 is 0.818 bits per heavy atom. The monoisotopic (exact) mass is 326 g/mol. The molecule has 0 atom stereocenters. The summed E-state index contributed by atoms with van der Waals surface area (Å²) in [7, 11) is 0. The summed E-state index contributed by atoms with van der Waals surface area (Å²) in [5.41, 5.74) is 1.01. The summed E-state index contributed by atoms with van der Waals surface area (Å²) in [6, 6.07) is 0. The van der Waals surface area contributed by atoms with Gasteiger partial charge in [-0.3, -0.25) is 0 Å². The molecule has 0 amide bonds. The molecule has 1 heteroatoms. The van der Waals surface area contributed by atoms with Gasteiger partial charge < -0.3 is 0 Å². The third-order valence-corrected chi connectivity index (χ3v) is 1.62. The maximum Gasteiger partial charge on any atom is 0 e. The molecule has 0 heterocycles. The zero-order valence-corrected chi connectivity index (χ0v) is 11.8. The van der Waals surface area contributed by atoms with E-state index in [0.29, 0.717) is 10.8 Å². The van der Waals surface area contributed by atoms with Crippen molar-refractivity contribution in [2.45, 2.75) is 54.4 Å². The van der Waals surface area contributed by atoms with Crippen molar-refractivity contribution in [2.75, 3.05) is 0 Å². The molecule has 0 aromatic heterocycles. The maximum absolute atomic E-state index is 2.30. The van der Waals surface area contributed by atoms with Crippen molar-refractivity contribution in [2.24, 2.45) is 10.8 Å². The fourth-order valence-corrected chi connectivity index (χ4v) is 0.750. The summed E-state index contributed by atoms with van der Waals surface area (Å²) < 4.78 is 0. The fraction of sp³-hybridized carbons (Fsp3) is 1.00. The zero-order chi connectivity index (χ0) is 8.41. The fourth-order valence-electron chi connectivity index (χ4n) is 0.750. The molecular weight excluding hydrogens is 304 g/mol. The van der Waals surface area contributed by atoms with Gasteiger partial charge in [-0.1, -0.05) is 41.5 Å². The van der Waals surface area contributed by atoms with Crippen molar-refractivity contribution in [3.63, 3.8) is 0 Å². The second kappa shape index (κ2) is 4.65. The average molecular weight is 326 g/mol. The molecule has 0 spiro atoms. The quantitative estimate of drug-likeness (QED) is 0.686. The molecule has 0 fully saturated rings. The Balaban J connectivity index is 0. The predicted octanol–water partition coefficient (Wildman–Crippen LogP) is 3.86. The van der Waals surface area contributed by atoms with E-state index in [-0.39, 0.29) is 21.1 Å². The third kappa shape index (κ3) is 13.6. The third-order valence-electron chi connectivity index (χ3n) is 1.62. The van der Waals surface area contributed by atoms with Crippen LogP contribution < -0.4 is 0 Å². The van der Waals surface area contributed by atoms with E-state index in [2.05, 4.69) is 41.5 Å². The van der Waals surface area contributed by atoms with Crippen molar-refractivity contribution in [1.82, 2.24) is 0 Å². The molecule has 0 radical (unpaired) electrons. The van der Waals surface area contributed by atoms with Gasteiger partial charge in [0.25, 0.3) is 0 Å². The molecule has 0 rings (SSSR count). The van der Waals surface area contributed by atoms with Crippen LogP contribution >= 0.6 is 0 Å². The Morgan fingerprint density at radius 3 is 0.909 bits per heavy atom. The summed E-state index contributed by atoms with van der Waals surface area (Å²) in [4.78, 5) is 0. The van der Waals surface area contributed by atoms with Crippen molar-refractivity contribution >= 4 is 0 Å². The summed E-state index contributed by atoms with van der Waals surface area (Å²) in [6.45, 7) is 13.8. The predicted molar refractivity (Wildman–Crippen MR) is 48.1 cm³/mol. The van der Waals surface area contributed by atoms with Gasteiger partial charge in [-0.15, -0.1) is 0 Å². The van der Waals surface area contributed by atoms with E-state index >= 15 is 0 Å². The standard InChI is InChI=1S/C10H22.W/c1-9(2,3)7-8-10(4,5)6;/h7-8H2,1-6H3;. The van der Waals surface area contributed by atoms with Crippen LogP contribution in [0.15, 0.2) is 0 Å². The van der Waals surface area contributed by atoms with E-state index in [1.54, 1.807) is 0 Å². The molecule has 0 aliphatic carbocycles. The Hall–Kier alpha value is 0.688. The second-order valence-electron chi connectivity index (χ2n) is 5.62. The van der Waals surface area contributed by atoms with Crippen LogP contribution in [0.1, 0.15) is 54.4 Å². The van der Waals surface area contributed by atoms with E-state index in [1.165, 1.54) is 12.8 Å². The molecule has 0 bridgehead atoms. The number of hydrogen-bond acceptors (Lipinski definition) is 0. The molecule has 0 N–H and O–H groups in total. The van der Waals surface area contributed by atoms with Crippen molar-refractivity contribution in [3.05, 3.63) is 0 Å². The first-order valence-electron chi connectivity index (χ1n) is 4.21. The van der Waals surface area contributed by atoms with Gasteiger partial charge in [0.2, 0.25) is 0 Å². The van der Waals surface area contributed by atoms with Crippen molar-refractivity contribution < 1.29 is 21.1 Å². The van der Waals surface area contributed by atoms with Crippen LogP contribution in [0.5, 0.6) is 0 Å². The van der Waals surface area contributed by atoms with E-state index < -0.39 is 0 Å². The molecule has 68 valence electrons. The van der Waals surface area contributed by atoms with Crippen LogP contribution in [0.4, 0.5) is 0 Å². The number of rotatable bonds is 1. The minimum Gasteiger partial charge on any atom is -0.0602 e. The normalized spacial score (nSPS) is 12.5. The van der Waals surface area contributed by atoms with Gasteiger partial charge in [0.05, 0.1) is 0 Å².